The summed E-state index contributed by atoms with van der Waals surface area (Å²) in [7, 11) is -0.676. The summed E-state index contributed by atoms with van der Waals surface area (Å²) >= 11 is 0. The van der Waals surface area contributed by atoms with Gasteiger partial charge in [0.2, 0.25) is 0 Å². The van der Waals surface area contributed by atoms with Crippen molar-refractivity contribution in [3.05, 3.63) is 59.8 Å². The van der Waals surface area contributed by atoms with Crippen LogP contribution >= 0.6 is 0 Å². The molecule has 0 spiro atoms. The van der Waals surface area contributed by atoms with Crippen molar-refractivity contribution in [2.75, 3.05) is 19.6 Å². The van der Waals surface area contributed by atoms with Crippen LogP contribution in [0.2, 0.25) is 0 Å². The van der Waals surface area contributed by atoms with Crippen LogP contribution in [0, 0.1) is 6.92 Å². The van der Waals surface area contributed by atoms with Gasteiger partial charge in [-0.05, 0) is 49.7 Å². The van der Waals surface area contributed by atoms with Crippen LogP contribution in [-0.4, -0.2) is 49.5 Å². The lowest BCUT2D eigenvalue weighted by atomic mass is 10.1. The third-order valence-corrected chi connectivity index (χ3v) is 4.89. The standard InChI is InChI=1S/C20H24N6O3S/c1-13-10-15(6-8-17(13)29-3)20(27)24-14(2)19-22-12-23-26(19)18-9-7-16(11-21-18)25-30(4,5)28/h6-12,14H,1-5H3,(H,24,27)/t14-/m0/s1. The Kier molecular flexibility index (Phi) is 6.16. The Morgan fingerprint density at radius 1 is 1.23 bits per heavy atom. The zero-order valence-corrected chi connectivity index (χ0v) is 18.3. The van der Waals surface area contributed by atoms with Crippen LogP contribution in [0.4, 0.5) is 5.69 Å². The molecule has 0 radical (unpaired) electrons. The summed E-state index contributed by atoms with van der Waals surface area (Å²) in [6.07, 6.45) is 6.05. The van der Waals surface area contributed by atoms with Gasteiger partial charge in [0.05, 0.1) is 25.0 Å². The topological polar surface area (TPSA) is 111 Å². The molecule has 10 heteroatoms. The van der Waals surface area contributed by atoms with Gasteiger partial charge in [0.25, 0.3) is 5.91 Å². The smallest absolute Gasteiger partial charge is 0.251 e. The van der Waals surface area contributed by atoms with E-state index in [0.29, 0.717) is 22.9 Å². The highest BCUT2D eigenvalue weighted by molar-refractivity contribution is 7.92. The molecule has 0 fully saturated rings. The number of benzene rings is 1. The van der Waals surface area contributed by atoms with Crippen molar-refractivity contribution >= 4 is 21.3 Å². The number of carbonyl (C=O) groups is 1. The number of rotatable bonds is 6. The fourth-order valence-electron chi connectivity index (χ4n) is 2.90. The first-order valence-electron chi connectivity index (χ1n) is 9.17. The van der Waals surface area contributed by atoms with Gasteiger partial charge in [-0.3, -0.25) is 4.79 Å². The summed E-state index contributed by atoms with van der Waals surface area (Å²) in [5.74, 6) is 1.54. The molecule has 2 aromatic heterocycles. The predicted octanol–water partition coefficient (Wildman–Crippen LogP) is 2.83. The first-order chi connectivity index (χ1) is 14.2. The lowest BCUT2D eigenvalue weighted by molar-refractivity contribution is 0.0937. The van der Waals surface area contributed by atoms with E-state index < -0.39 is 15.8 Å². The van der Waals surface area contributed by atoms with E-state index in [1.807, 2.05) is 13.8 Å². The third-order valence-electron chi connectivity index (χ3n) is 4.24. The summed E-state index contributed by atoms with van der Waals surface area (Å²) in [6.45, 7) is 3.70. The van der Waals surface area contributed by atoms with E-state index in [-0.39, 0.29) is 5.91 Å². The summed E-state index contributed by atoms with van der Waals surface area (Å²) < 4.78 is 22.7. The van der Waals surface area contributed by atoms with Gasteiger partial charge in [0.15, 0.2) is 11.6 Å². The van der Waals surface area contributed by atoms with Gasteiger partial charge in [-0.25, -0.2) is 14.2 Å². The lowest BCUT2D eigenvalue weighted by Crippen LogP contribution is -2.28. The van der Waals surface area contributed by atoms with Crippen LogP contribution in [0.3, 0.4) is 0 Å². The Hall–Kier alpha value is -3.27. The molecule has 1 N–H and O–H groups in total. The Morgan fingerprint density at radius 2 is 2.00 bits per heavy atom. The number of hydrogen-bond donors (Lipinski definition) is 1. The average molecular weight is 429 g/mol. The predicted molar refractivity (Wildman–Crippen MR) is 115 cm³/mol. The van der Waals surface area contributed by atoms with Crippen LogP contribution in [0.1, 0.15) is 34.7 Å². The third kappa shape index (κ3) is 5.01. The van der Waals surface area contributed by atoms with E-state index in [4.69, 9.17) is 4.74 Å². The highest BCUT2D eigenvalue weighted by Gasteiger charge is 2.18. The van der Waals surface area contributed by atoms with Crippen LogP contribution in [0.5, 0.6) is 5.75 Å². The quantitative estimate of drug-likeness (QED) is 0.646. The Morgan fingerprint density at radius 3 is 2.60 bits per heavy atom. The van der Waals surface area contributed by atoms with Gasteiger partial charge < -0.3 is 10.1 Å². The van der Waals surface area contributed by atoms with E-state index in [0.717, 1.165) is 11.3 Å². The van der Waals surface area contributed by atoms with E-state index in [1.165, 1.54) is 12.5 Å². The van der Waals surface area contributed by atoms with Gasteiger partial charge >= 0.3 is 0 Å². The van der Waals surface area contributed by atoms with Gasteiger partial charge in [0, 0.05) is 27.8 Å². The Balaban J connectivity index is 1.80. The van der Waals surface area contributed by atoms with Crippen molar-refractivity contribution in [3.8, 4) is 11.6 Å². The highest BCUT2D eigenvalue weighted by Crippen LogP contribution is 2.20. The highest BCUT2D eigenvalue weighted by atomic mass is 32.2. The molecule has 0 aliphatic rings. The number of methoxy groups -OCH3 is 1. The Labute approximate surface area is 175 Å². The minimum atomic E-state index is -2.27. The van der Waals surface area contributed by atoms with Gasteiger partial charge in [-0.1, -0.05) is 0 Å². The number of hydrogen-bond acceptors (Lipinski definition) is 7. The molecule has 3 aromatic rings. The lowest BCUT2D eigenvalue weighted by Gasteiger charge is -2.15. The molecule has 0 bridgehead atoms. The number of pyridine rings is 1. The maximum Gasteiger partial charge on any atom is 0.251 e. The molecule has 0 unspecified atom stereocenters. The van der Waals surface area contributed by atoms with Crippen molar-refractivity contribution < 1.29 is 13.7 Å². The average Bonchev–Trinajstić information content (AvgIpc) is 3.17. The van der Waals surface area contributed by atoms with Crippen LogP contribution in [-0.2, 0) is 9.73 Å². The van der Waals surface area contributed by atoms with Gasteiger partial charge in [-0.2, -0.15) is 14.1 Å². The molecule has 0 aliphatic heterocycles. The largest absolute Gasteiger partial charge is 0.496 e. The summed E-state index contributed by atoms with van der Waals surface area (Å²) in [4.78, 5) is 21.3. The molecule has 158 valence electrons. The first-order valence-corrected chi connectivity index (χ1v) is 11.5. The Bertz CT molecular complexity index is 1170. The molecule has 1 aromatic carbocycles. The van der Waals surface area contributed by atoms with Crippen molar-refractivity contribution in [2.24, 2.45) is 4.36 Å². The minimum Gasteiger partial charge on any atom is -0.496 e. The zero-order chi connectivity index (χ0) is 21.9. The summed E-state index contributed by atoms with van der Waals surface area (Å²) in [5.41, 5.74) is 1.92. The summed E-state index contributed by atoms with van der Waals surface area (Å²) in [6, 6.07) is 8.25. The SMILES string of the molecule is COc1ccc(C(=O)N[C@@H](C)c2ncnn2-c2ccc(N=S(C)(C)=O)cn2)cc1C. The number of ether oxygens (including phenoxy) is 1. The second-order valence-electron chi connectivity index (χ2n) is 7.06. The van der Waals surface area contributed by atoms with Gasteiger partial charge in [0.1, 0.15) is 12.1 Å². The molecule has 0 saturated carbocycles. The normalized spacial score (nSPS) is 12.3. The first kappa shape index (κ1) is 21.4. The van der Waals surface area contributed by atoms with Crippen LogP contribution < -0.4 is 10.1 Å². The second-order valence-corrected chi connectivity index (χ2v) is 9.60. The molecule has 0 aliphatic carbocycles. The number of amides is 1. The van der Waals surface area contributed by atoms with E-state index in [9.17, 15) is 9.00 Å². The van der Waals surface area contributed by atoms with Gasteiger partial charge in [-0.15, -0.1) is 0 Å². The number of nitrogens with zero attached hydrogens (tertiary/aromatic N) is 5. The van der Waals surface area contributed by atoms with E-state index >= 15 is 0 Å². The maximum absolute atomic E-state index is 12.7. The summed E-state index contributed by atoms with van der Waals surface area (Å²) in [5, 5.41) is 7.15. The minimum absolute atomic E-state index is 0.231. The molecule has 30 heavy (non-hydrogen) atoms. The van der Waals surface area contributed by atoms with Crippen molar-refractivity contribution in [1.29, 1.82) is 0 Å². The molecule has 2 heterocycles. The molecular weight excluding hydrogens is 404 g/mol. The van der Waals surface area contributed by atoms with E-state index in [2.05, 4.69) is 24.7 Å². The molecule has 1 amide bonds. The zero-order valence-electron chi connectivity index (χ0n) is 17.5. The molecule has 0 saturated heterocycles. The van der Waals surface area contributed by atoms with Crippen molar-refractivity contribution in [1.82, 2.24) is 25.1 Å². The fraction of sp³-hybridized carbons (Fsp3) is 0.300. The number of aryl methyl sites for hydroxylation is 1. The number of carbonyl (C=O) groups excluding carboxylic acids is 1. The van der Waals surface area contributed by atoms with Crippen molar-refractivity contribution in [3.63, 3.8) is 0 Å². The van der Waals surface area contributed by atoms with Crippen LogP contribution in [0.15, 0.2) is 47.2 Å². The number of aromatic nitrogens is 4. The molecule has 3 rings (SSSR count). The van der Waals surface area contributed by atoms with Crippen molar-refractivity contribution in [2.45, 2.75) is 19.9 Å². The van der Waals surface area contributed by atoms with E-state index in [1.54, 1.807) is 54.6 Å². The molecule has 9 nitrogen and oxygen atoms in total. The fourth-order valence-corrected chi connectivity index (χ4v) is 3.51. The second kappa shape index (κ2) is 8.62. The maximum atomic E-state index is 12.7. The number of nitrogens with one attached hydrogen (secondary N) is 1. The molecule has 1 atom stereocenters. The molecular formula is C20H24N6O3S. The van der Waals surface area contributed by atoms with Crippen LogP contribution in [0.25, 0.3) is 5.82 Å². The monoisotopic (exact) mass is 428 g/mol.